The van der Waals surface area contributed by atoms with Gasteiger partial charge in [0.15, 0.2) is 0 Å². The Bertz CT molecular complexity index is 1240. The van der Waals surface area contributed by atoms with Gasteiger partial charge in [0.2, 0.25) is 0 Å². The third kappa shape index (κ3) is 4.58. The summed E-state index contributed by atoms with van der Waals surface area (Å²) in [5.41, 5.74) is 3.27. The van der Waals surface area contributed by atoms with Gasteiger partial charge in [-0.25, -0.2) is 14.2 Å². The van der Waals surface area contributed by atoms with Crippen LogP contribution >= 0.6 is 0 Å². The second kappa shape index (κ2) is 8.21. The van der Waals surface area contributed by atoms with Gasteiger partial charge in [-0.15, -0.1) is 0 Å². The highest BCUT2D eigenvalue weighted by Gasteiger charge is 2.37. The summed E-state index contributed by atoms with van der Waals surface area (Å²) in [5, 5.41) is 0.879. The van der Waals surface area contributed by atoms with Crippen LogP contribution in [0.2, 0.25) is 0 Å². The second-order valence-electron chi connectivity index (χ2n) is 9.96. The number of carbonyl (C=O) groups is 1. The van der Waals surface area contributed by atoms with Crippen molar-refractivity contribution in [3.05, 3.63) is 54.1 Å². The molecule has 0 saturated carbocycles. The van der Waals surface area contributed by atoms with Crippen molar-refractivity contribution in [2.45, 2.75) is 52.2 Å². The molecule has 7 heteroatoms. The molecule has 1 amide bonds. The Labute approximate surface area is 193 Å². The molecule has 1 aliphatic rings. The summed E-state index contributed by atoms with van der Waals surface area (Å²) in [5.74, 6) is 0.267. The Balaban J connectivity index is 1.70. The normalized spacial score (nSPS) is 16.0. The number of halogens is 1. The molecular weight excluding hydrogens is 421 g/mol. The zero-order valence-corrected chi connectivity index (χ0v) is 20.0. The molecule has 3 aromatic rings. The van der Waals surface area contributed by atoms with Gasteiger partial charge in [0.1, 0.15) is 22.8 Å². The van der Waals surface area contributed by atoms with Gasteiger partial charge in [-0.1, -0.05) is 6.08 Å². The number of hydrogen-bond donors (Lipinski definition) is 1. The van der Waals surface area contributed by atoms with Gasteiger partial charge in [-0.2, -0.15) is 0 Å². The van der Waals surface area contributed by atoms with Crippen LogP contribution in [0.15, 0.2) is 42.6 Å². The van der Waals surface area contributed by atoms with E-state index in [1.807, 2.05) is 52.8 Å². The lowest BCUT2D eigenvalue weighted by atomic mass is 9.88. The number of pyridine rings is 1. The van der Waals surface area contributed by atoms with Crippen LogP contribution in [-0.2, 0) is 4.74 Å². The molecular formula is C26H30FN3O3. The summed E-state index contributed by atoms with van der Waals surface area (Å²) >= 11 is 0. The number of ether oxygens (including phenoxy) is 2. The van der Waals surface area contributed by atoms with E-state index < -0.39 is 11.1 Å². The minimum atomic E-state index is -0.547. The molecule has 2 aromatic heterocycles. The number of amides is 1. The van der Waals surface area contributed by atoms with Gasteiger partial charge in [0.05, 0.1) is 7.11 Å². The molecule has 0 aliphatic carbocycles. The van der Waals surface area contributed by atoms with Gasteiger partial charge in [0.25, 0.3) is 0 Å². The van der Waals surface area contributed by atoms with Crippen molar-refractivity contribution in [1.29, 1.82) is 0 Å². The SMILES string of the molecule is COc1ccc(F)cc1-c1ccnc2[nH]c(C3=CCN(C(=O)OC(C)(C)C)C(C)(C)C3)cc12. The molecule has 1 N–H and O–H groups in total. The minimum Gasteiger partial charge on any atom is -0.496 e. The number of methoxy groups -OCH3 is 1. The van der Waals surface area contributed by atoms with E-state index in [1.165, 1.54) is 12.1 Å². The van der Waals surface area contributed by atoms with Crippen molar-refractivity contribution < 1.29 is 18.7 Å². The van der Waals surface area contributed by atoms with Crippen molar-refractivity contribution in [1.82, 2.24) is 14.9 Å². The molecule has 3 heterocycles. The Morgan fingerprint density at radius 3 is 2.61 bits per heavy atom. The molecule has 0 fully saturated rings. The van der Waals surface area contributed by atoms with Crippen LogP contribution in [0.4, 0.5) is 9.18 Å². The van der Waals surface area contributed by atoms with E-state index in [4.69, 9.17) is 9.47 Å². The molecule has 0 unspecified atom stereocenters. The highest BCUT2D eigenvalue weighted by molar-refractivity contribution is 5.97. The van der Waals surface area contributed by atoms with Gasteiger partial charge in [-0.3, -0.25) is 4.90 Å². The van der Waals surface area contributed by atoms with Crippen LogP contribution in [0.1, 0.15) is 46.7 Å². The number of hydrogen-bond acceptors (Lipinski definition) is 4. The van der Waals surface area contributed by atoms with Crippen molar-refractivity contribution >= 4 is 22.7 Å². The van der Waals surface area contributed by atoms with E-state index >= 15 is 0 Å². The molecule has 1 aromatic carbocycles. The highest BCUT2D eigenvalue weighted by Crippen LogP contribution is 2.38. The number of H-pyrrole nitrogens is 1. The summed E-state index contributed by atoms with van der Waals surface area (Å²) < 4.78 is 25.1. The molecule has 4 rings (SSSR count). The molecule has 0 spiro atoms. The third-order valence-corrected chi connectivity index (χ3v) is 5.82. The molecule has 174 valence electrons. The summed E-state index contributed by atoms with van der Waals surface area (Å²) in [7, 11) is 1.57. The quantitative estimate of drug-likeness (QED) is 0.516. The fourth-order valence-corrected chi connectivity index (χ4v) is 4.25. The minimum absolute atomic E-state index is 0.318. The molecule has 33 heavy (non-hydrogen) atoms. The zero-order chi connectivity index (χ0) is 24.0. The Kier molecular flexibility index (Phi) is 5.68. The fraction of sp³-hybridized carbons (Fsp3) is 0.385. The first-order chi connectivity index (χ1) is 15.5. The average molecular weight is 452 g/mol. The lowest BCUT2D eigenvalue weighted by molar-refractivity contribution is 0.00616. The first-order valence-corrected chi connectivity index (χ1v) is 11.0. The van der Waals surface area contributed by atoms with Gasteiger partial charge in [-0.05, 0) is 82.5 Å². The largest absolute Gasteiger partial charge is 0.496 e. The van der Waals surface area contributed by atoms with E-state index in [-0.39, 0.29) is 11.9 Å². The lowest BCUT2D eigenvalue weighted by Crippen LogP contribution is -2.51. The van der Waals surface area contributed by atoms with E-state index in [9.17, 15) is 9.18 Å². The Hall–Kier alpha value is -3.35. The summed E-state index contributed by atoms with van der Waals surface area (Å²) in [6, 6.07) is 8.38. The van der Waals surface area contributed by atoms with Crippen LogP contribution in [0.5, 0.6) is 5.75 Å². The van der Waals surface area contributed by atoms with Crippen molar-refractivity contribution in [2.75, 3.05) is 13.7 Å². The number of benzene rings is 1. The average Bonchev–Trinajstić information content (AvgIpc) is 3.16. The van der Waals surface area contributed by atoms with Crippen LogP contribution in [0, 0.1) is 5.82 Å². The summed E-state index contributed by atoms with van der Waals surface area (Å²) in [4.78, 5) is 22.4. The predicted molar refractivity (Wildman–Crippen MR) is 128 cm³/mol. The molecule has 0 atom stereocenters. The monoisotopic (exact) mass is 451 g/mol. The van der Waals surface area contributed by atoms with Crippen LogP contribution in [-0.4, -0.2) is 45.8 Å². The predicted octanol–water partition coefficient (Wildman–Crippen LogP) is 6.18. The van der Waals surface area contributed by atoms with Crippen molar-refractivity contribution in [2.24, 2.45) is 0 Å². The fourth-order valence-electron chi connectivity index (χ4n) is 4.25. The number of nitrogens with zero attached hydrogens (tertiary/aromatic N) is 2. The third-order valence-electron chi connectivity index (χ3n) is 5.82. The van der Waals surface area contributed by atoms with E-state index in [0.717, 1.165) is 22.2 Å². The highest BCUT2D eigenvalue weighted by atomic mass is 19.1. The lowest BCUT2D eigenvalue weighted by Gasteiger charge is -2.42. The summed E-state index contributed by atoms with van der Waals surface area (Å²) in [6.07, 6.45) is 4.08. The van der Waals surface area contributed by atoms with E-state index in [0.29, 0.717) is 29.9 Å². The molecule has 0 radical (unpaired) electrons. The second-order valence-corrected chi connectivity index (χ2v) is 9.96. The topological polar surface area (TPSA) is 67.5 Å². The maximum atomic E-state index is 14.0. The zero-order valence-electron chi connectivity index (χ0n) is 20.0. The van der Waals surface area contributed by atoms with Crippen LogP contribution < -0.4 is 4.74 Å². The van der Waals surface area contributed by atoms with Gasteiger partial charge in [0, 0.05) is 34.9 Å². The maximum Gasteiger partial charge on any atom is 0.411 e. The summed E-state index contributed by atoms with van der Waals surface area (Å²) in [6.45, 7) is 10.1. The first kappa shape index (κ1) is 22.8. The van der Waals surface area contributed by atoms with Gasteiger partial charge < -0.3 is 14.5 Å². The number of rotatable bonds is 3. The number of nitrogens with one attached hydrogen (secondary N) is 1. The Morgan fingerprint density at radius 2 is 1.94 bits per heavy atom. The van der Waals surface area contributed by atoms with Gasteiger partial charge >= 0.3 is 6.09 Å². The van der Waals surface area contributed by atoms with Crippen molar-refractivity contribution in [3.8, 4) is 16.9 Å². The first-order valence-electron chi connectivity index (χ1n) is 11.0. The molecule has 1 aliphatic heterocycles. The number of aromatic nitrogens is 2. The molecule has 0 bridgehead atoms. The van der Waals surface area contributed by atoms with Crippen molar-refractivity contribution in [3.63, 3.8) is 0 Å². The maximum absolute atomic E-state index is 14.0. The number of aromatic amines is 1. The standard InChI is InChI=1S/C26H30FN3O3/c1-25(2,3)33-24(31)30-12-10-16(15-26(30,4)5)21-14-20-18(9-11-28-23(20)29-21)19-13-17(27)7-8-22(19)32-6/h7-11,13-14H,12,15H2,1-6H3,(H,28,29). The molecule has 0 saturated heterocycles. The van der Waals surface area contributed by atoms with Crippen LogP contribution in [0.25, 0.3) is 27.7 Å². The number of carbonyl (C=O) groups excluding carboxylic acids is 1. The Morgan fingerprint density at radius 1 is 1.18 bits per heavy atom. The van der Waals surface area contributed by atoms with E-state index in [1.54, 1.807) is 24.3 Å². The smallest absolute Gasteiger partial charge is 0.411 e. The van der Waals surface area contributed by atoms with Crippen LogP contribution in [0.3, 0.4) is 0 Å². The van der Waals surface area contributed by atoms with E-state index in [2.05, 4.69) is 9.97 Å². The number of fused-ring (bicyclic) bond motifs is 1. The molecule has 6 nitrogen and oxygen atoms in total.